The van der Waals surface area contributed by atoms with Crippen LogP contribution in [0.2, 0.25) is 0 Å². The summed E-state index contributed by atoms with van der Waals surface area (Å²) in [5.41, 5.74) is 0.504. The minimum Gasteiger partial charge on any atom is -0.481 e. The molecule has 35 heavy (non-hydrogen) atoms. The number of carbonyl (C=O) groups excluding carboxylic acids is 4. The lowest BCUT2D eigenvalue weighted by Crippen LogP contribution is -2.24. The fraction of sp³-hybridized carbons (Fsp3) is 0.280. The van der Waals surface area contributed by atoms with Crippen LogP contribution in [0.4, 0.5) is 5.00 Å². The van der Waals surface area contributed by atoms with Crippen LogP contribution in [0.25, 0.3) is 10.8 Å². The Morgan fingerprint density at radius 2 is 1.69 bits per heavy atom. The molecule has 10 heteroatoms. The van der Waals surface area contributed by atoms with E-state index >= 15 is 0 Å². The Morgan fingerprint density at radius 1 is 0.971 bits per heavy atom. The fourth-order valence-corrected chi connectivity index (χ4v) is 4.50. The number of esters is 2. The number of benzene rings is 2. The normalized spacial score (nSPS) is 10.5. The van der Waals surface area contributed by atoms with Crippen molar-refractivity contribution in [3.8, 4) is 5.75 Å². The summed E-state index contributed by atoms with van der Waals surface area (Å²) in [6.45, 7) is 2.43. The van der Waals surface area contributed by atoms with Gasteiger partial charge in [0.2, 0.25) is 0 Å². The van der Waals surface area contributed by atoms with Gasteiger partial charge in [0.1, 0.15) is 10.8 Å². The van der Waals surface area contributed by atoms with Crippen LogP contribution in [0.1, 0.15) is 32.5 Å². The van der Waals surface area contributed by atoms with Crippen LogP contribution in [-0.4, -0.2) is 62.6 Å². The first-order valence-corrected chi connectivity index (χ1v) is 11.6. The van der Waals surface area contributed by atoms with E-state index in [9.17, 15) is 19.2 Å². The molecule has 0 radical (unpaired) electrons. The Balaban J connectivity index is 1.63. The van der Waals surface area contributed by atoms with Gasteiger partial charge < -0.3 is 24.4 Å². The molecule has 0 bridgehead atoms. The Morgan fingerprint density at radius 3 is 2.40 bits per heavy atom. The third-order valence-electron chi connectivity index (χ3n) is 4.94. The van der Waals surface area contributed by atoms with Gasteiger partial charge in [0, 0.05) is 19.5 Å². The summed E-state index contributed by atoms with van der Waals surface area (Å²) in [6.07, 6.45) is 0. The molecule has 3 aromatic rings. The van der Waals surface area contributed by atoms with E-state index in [1.54, 1.807) is 34.0 Å². The molecule has 0 unspecified atom stereocenters. The molecule has 0 aliphatic heterocycles. The molecule has 2 aromatic carbocycles. The quantitative estimate of drug-likeness (QED) is 0.448. The largest absolute Gasteiger partial charge is 0.481 e. The molecule has 3 rings (SSSR count). The molecule has 0 saturated carbocycles. The van der Waals surface area contributed by atoms with Gasteiger partial charge in [0.25, 0.3) is 11.8 Å². The number of thiophene rings is 1. The molecule has 0 aliphatic carbocycles. The van der Waals surface area contributed by atoms with Crippen LogP contribution in [-0.2, 0) is 19.1 Å². The zero-order chi connectivity index (χ0) is 25.5. The number of hydrogen-bond acceptors (Lipinski definition) is 8. The van der Waals surface area contributed by atoms with Crippen molar-refractivity contribution in [3.05, 3.63) is 58.5 Å². The molecular formula is C25H26N2O7S. The fourth-order valence-electron chi connectivity index (χ4n) is 3.27. The number of rotatable bonds is 9. The molecule has 0 fully saturated rings. The molecule has 1 aromatic heterocycles. The van der Waals surface area contributed by atoms with Crippen molar-refractivity contribution in [2.45, 2.75) is 13.8 Å². The molecule has 0 saturated heterocycles. The van der Waals surface area contributed by atoms with Crippen LogP contribution >= 0.6 is 11.3 Å². The lowest BCUT2D eigenvalue weighted by atomic mass is 10.1. The summed E-state index contributed by atoms with van der Waals surface area (Å²) in [6, 6.07) is 13.1. The Kier molecular flexibility index (Phi) is 8.43. The predicted octanol–water partition coefficient (Wildman–Crippen LogP) is 3.65. The van der Waals surface area contributed by atoms with Gasteiger partial charge in [-0.05, 0) is 30.9 Å². The van der Waals surface area contributed by atoms with E-state index < -0.39 is 24.5 Å². The van der Waals surface area contributed by atoms with E-state index in [1.165, 1.54) is 4.90 Å². The molecular weight excluding hydrogens is 472 g/mol. The third kappa shape index (κ3) is 6.15. The molecule has 0 atom stereocenters. The molecule has 2 amide bonds. The number of anilines is 1. The molecule has 1 N–H and O–H groups in total. The van der Waals surface area contributed by atoms with Crippen LogP contribution in [0.5, 0.6) is 5.75 Å². The van der Waals surface area contributed by atoms with E-state index in [0.717, 1.165) is 22.1 Å². The second-order valence-corrected chi connectivity index (χ2v) is 8.68. The van der Waals surface area contributed by atoms with Gasteiger partial charge >= 0.3 is 11.9 Å². The first kappa shape index (κ1) is 25.7. The van der Waals surface area contributed by atoms with Crippen molar-refractivity contribution in [2.24, 2.45) is 0 Å². The summed E-state index contributed by atoms with van der Waals surface area (Å²) in [7, 11) is 3.17. The molecule has 0 aliphatic rings. The number of nitrogens with one attached hydrogen (secondary N) is 1. The van der Waals surface area contributed by atoms with Gasteiger partial charge in [-0.3, -0.25) is 9.59 Å². The lowest BCUT2D eigenvalue weighted by molar-refractivity contribution is -0.149. The maximum atomic E-state index is 12.5. The molecule has 1 heterocycles. The number of fused-ring (bicyclic) bond motifs is 1. The van der Waals surface area contributed by atoms with E-state index in [0.29, 0.717) is 16.2 Å². The number of amides is 2. The van der Waals surface area contributed by atoms with Crippen LogP contribution in [0, 0.1) is 6.92 Å². The standard InChI is InChI=1S/C25H26N2O7S/c1-5-32-25(31)21-15(2)22(24(30)27(3)4)35-23(21)26-19(28)13-34-20(29)14-33-18-12-8-10-16-9-6-7-11-17(16)18/h6-12H,5,13-14H2,1-4H3,(H,26,28). The van der Waals surface area contributed by atoms with Crippen molar-refractivity contribution < 1.29 is 33.4 Å². The predicted molar refractivity (Wildman–Crippen MR) is 132 cm³/mol. The summed E-state index contributed by atoms with van der Waals surface area (Å²) in [5.74, 6) is -1.84. The smallest absolute Gasteiger partial charge is 0.344 e. The van der Waals surface area contributed by atoms with Gasteiger partial charge in [-0.15, -0.1) is 11.3 Å². The number of nitrogens with zero attached hydrogens (tertiary/aromatic N) is 1. The Bertz CT molecular complexity index is 1260. The second kappa shape index (κ2) is 11.5. The second-order valence-electron chi connectivity index (χ2n) is 7.66. The molecule has 9 nitrogen and oxygen atoms in total. The monoisotopic (exact) mass is 498 g/mol. The van der Waals surface area contributed by atoms with Gasteiger partial charge in [-0.1, -0.05) is 36.4 Å². The van der Waals surface area contributed by atoms with E-state index in [4.69, 9.17) is 14.2 Å². The summed E-state index contributed by atoms with van der Waals surface area (Å²) < 4.78 is 15.7. The number of hydrogen-bond donors (Lipinski definition) is 1. The lowest BCUT2D eigenvalue weighted by Gasteiger charge is -2.10. The highest BCUT2D eigenvalue weighted by atomic mass is 32.1. The number of ether oxygens (including phenoxy) is 3. The Labute approximate surface area is 206 Å². The summed E-state index contributed by atoms with van der Waals surface area (Å²) in [4.78, 5) is 51.2. The zero-order valence-electron chi connectivity index (χ0n) is 19.9. The highest BCUT2D eigenvalue weighted by molar-refractivity contribution is 7.18. The van der Waals surface area contributed by atoms with Gasteiger partial charge in [0.05, 0.1) is 17.0 Å². The van der Waals surface area contributed by atoms with Crippen LogP contribution in [0.3, 0.4) is 0 Å². The highest BCUT2D eigenvalue weighted by Crippen LogP contribution is 2.34. The zero-order valence-corrected chi connectivity index (χ0v) is 20.7. The first-order valence-electron chi connectivity index (χ1n) is 10.8. The van der Waals surface area contributed by atoms with Crippen molar-refractivity contribution in [1.82, 2.24) is 4.90 Å². The molecule has 184 valence electrons. The summed E-state index contributed by atoms with van der Waals surface area (Å²) in [5, 5.41) is 4.52. The van der Waals surface area contributed by atoms with Crippen molar-refractivity contribution in [2.75, 3.05) is 39.2 Å². The van der Waals surface area contributed by atoms with E-state index in [-0.39, 0.29) is 29.7 Å². The maximum Gasteiger partial charge on any atom is 0.344 e. The number of carbonyl (C=O) groups is 4. The SMILES string of the molecule is CCOC(=O)c1c(NC(=O)COC(=O)COc2cccc3ccccc23)sc(C(=O)N(C)C)c1C. The van der Waals surface area contributed by atoms with Crippen LogP contribution < -0.4 is 10.1 Å². The van der Waals surface area contributed by atoms with E-state index in [2.05, 4.69) is 5.32 Å². The third-order valence-corrected chi connectivity index (χ3v) is 6.13. The van der Waals surface area contributed by atoms with Crippen molar-refractivity contribution >= 4 is 50.9 Å². The van der Waals surface area contributed by atoms with Gasteiger partial charge in [-0.2, -0.15) is 0 Å². The average Bonchev–Trinajstić information content (AvgIpc) is 3.16. The van der Waals surface area contributed by atoms with Crippen LogP contribution in [0.15, 0.2) is 42.5 Å². The Hall–Kier alpha value is -3.92. The average molecular weight is 499 g/mol. The maximum absolute atomic E-state index is 12.5. The first-order chi connectivity index (χ1) is 16.7. The minimum absolute atomic E-state index is 0.0982. The summed E-state index contributed by atoms with van der Waals surface area (Å²) >= 11 is 0.959. The highest BCUT2D eigenvalue weighted by Gasteiger charge is 2.27. The van der Waals surface area contributed by atoms with Crippen molar-refractivity contribution in [1.29, 1.82) is 0 Å². The molecule has 0 spiro atoms. The van der Waals surface area contributed by atoms with E-state index in [1.807, 2.05) is 36.4 Å². The minimum atomic E-state index is -0.732. The van der Waals surface area contributed by atoms with Gasteiger partial charge in [-0.25, -0.2) is 9.59 Å². The van der Waals surface area contributed by atoms with Gasteiger partial charge in [0.15, 0.2) is 13.2 Å². The topological polar surface area (TPSA) is 111 Å². The van der Waals surface area contributed by atoms with Crippen molar-refractivity contribution in [3.63, 3.8) is 0 Å².